The standard InChI is InChI=1S/C14H20N2O2/c1-10(2)11(8-15)9-16-13-7-12(17-3)5-6-14(13)18-4/h5-7,10-11,16H,9H2,1-4H3. The highest BCUT2D eigenvalue weighted by Crippen LogP contribution is 2.29. The summed E-state index contributed by atoms with van der Waals surface area (Å²) in [5.41, 5.74) is 0.845. The molecule has 0 aliphatic rings. The molecule has 0 aliphatic heterocycles. The Hall–Kier alpha value is -1.89. The molecule has 0 saturated carbocycles. The van der Waals surface area contributed by atoms with Crippen LogP contribution >= 0.6 is 0 Å². The molecule has 0 bridgehead atoms. The third kappa shape index (κ3) is 3.56. The first kappa shape index (κ1) is 14.2. The number of nitrogens with zero attached hydrogens (tertiary/aromatic N) is 1. The van der Waals surface area contributed by atoms with Gasteiger partial charge in [0.25, 0.3) is 0 Å². The van der Waals surface area contributed by atoms with E-state index in [0.29, 0.717) is 12.5 Å². The number of nitriles is 1. The van der Waals surface area contributed by atoms with Crippen molar-refractivity contribution in [1.82, 2.24) is 0 Å². The van der Waals surface area contributed by atoms with Gasteiger partial charge in [0.15, 0.2) is 0 Å². The van der Waals surface area contributed by atoms with Gasteiger partial charge in [-0.2, -0.15) is 5.26 Å². The number of ether oxygens (including phenoxy) is 2. The molecule has 4 nitrogen and oxygen atoms in total. The van der Waals surface area contributed by atoms with Gasteiger partial charge in [-0.3, -0.25) is 0 Å². The van der Waals surface area contributed by atoms with Crippen LogP contribution in [-0.2, 0) is 0 Å². The quantitative estimate of drug-likeness (QED) is 0.841. The van der Waals surface area contributed by atoms with Crippen molar-refractivity contribution in [2.24, 2.45) is 11.8 Å². The average Bonchev–Trinajstić information content (AvgIpc) is 2.38. The fraction of sp³-hybridized carbons (Fsp3) is 0.500. The van der Waals surface area contributed by atoms with Crippen LogP contribution in [-0.4, -0.2) is 20.8 Å². The van der Waals surface area contributed by atoms with E-state index in [-0.39, 0.29) is 5.92 Å². The molecule has 1 unspecified atom stereocenters. The lowest BCUT2D eigenvalue weighted by atomic mass is 9.97. The van der Waals surface area contributed by atoms with Gasteiger partial charge in [-0.15, -0.1) is 0 Å². The van der Waals surface area contributed by atoms with E-state index in [1.165, 1.54) is 0 Å². The third-order valence-corrected chi connectivity index (χ3v) is 2.89. The maximum atomic E-state index is 9.06. The molecule has 0 heterocycles. The second-order valence-electron chi connectivity index (χ2n) is 4.43. The van der Waals surface area contributed by atoms with Gasteiger partial charge in [0, 0.05) is 12.6 Å². The number of rotatable bonds is 6. The van der Waals surface area contributed by atoms with Crippen molar-refractivity contribution in [3.63, 3.8) is 0 Å². The van der Waals surface area contributed by atoms with Crippen molar-refractivity contribution >= 4 is 5.69 Å². The SMILES string of the molecule is COc1ccc(OC)c(NCC(C#N)C(C)C)c1. The van der Waals surface area contributed by atoms with Gasteiger partial charge in [-0.25, -0.2) is 0 Å². The zero-order valence-corrected chi connectivity index (χ0v) is 11.4. The third-order valence-electron chi connectivity index (χ3n) is 2.89. The molecular weight excluding hydrogens is 228 g/mol. The van der Waals surface area contributed by atoms with E-state index in [1.54, 1.807) is 14.2 Å². The fourth-order valence-electron chi connectivity index (χ4n) is 1.60. The van der Waals surface area contributed by atoms with Gasteiger partial charge in [0.2, 0.25) is 0 Å². The first-order chi connectivity index (χ1) is 8.62. The van der Waals surface area contributed by atoms with Crippen LogP contribution in [0.5, 0.6) is 11.5 Å². The Morgan fingerprint density at radius 3 is 2.50 bits per heavy atom. The second-order valence-corrected chi connectivity index (χ2v) is 4.43. The molecule has 4 heteroatoms. The second kappa shape index (κ2) is 6.75. The predicted octanol–water partition coefficient (Wildman–Crippen LogP) is 2.91. The predicted molar refractivity (Wildman–Crippen MR) is 72.0 cm³/mol. The Morgan fingerprint density at radius 1 is 1.28 bits per heavy atom. The Labute approximate surface area is 109 Å². The lowest BCUT2D eigenvalue weighted by Gasteiger charge is -2.17. The minimum Gasteiger partial charge on any atom is -0.497 e. The van der Waals surface area contributed by atoms with E-state index in [4.69, 9.17) is 14.7 Å². The molecular formula is C14H20N2O2. The molecule has 1 N–H and O–H groups in total. The topological polar surface area (TPSA) is 54.3 Å². The number of methoxy groups -OCH3 is 2. The van der Waals surface area contributed by atoms with Gasteiger partial charge >= 0.3 is 0 Å². The van der Waals surface area contributed by atoms with E-state index < -0.39 is 0 Å². The van der Waals surface area contributed by atoms with Crippen LogP contribution in [0.4, 0.5) is 5.69 Å². The molecule has 0 aliphatic carbocycles. The first-order valence-corrected chi connectivity index (χ1v) is 5.97. The Bertz CT molecular complexity index is 424. The smallest absolute Gasteiger partial charge is 0.142 e. The normalized spacial score (nSPS) is 11.8. The van der Waals surface area contributed by atoms with Gasteiger partial charge in [0.05, 0.1) is 31.9 Å². The van der Waals surface area contributed by atoms with E-state index >= 15 is 0 Å². The molecule has 0 fully saturated rings. The molecule has 1 rings (SSSR count). The fourth-order valence-corrected chi connectivity index (χ4v) is 1.60. The van der Waals surface area contributed by atoms with Crippen LogP contribution in [0.1, 0.15) is 13.8 Å². The van der Waals surface area contributed by atoms with Crippen LogP contribution < -0.4 is 14.8 Å². The minimum atomic E-state index is -0.0269. The Kier molecular flexibility index (Phi) is 5.31. The number of nitrogens with one attached hydrogen (secondary N) is 1. The Morgan fingerprint density at radius 2 is 2.00 bits per heavy atom. The summed E-state index contributed by atoms with van der Waals surface area (Å²) < 4.78 is 10.4. The molecule has 0 spiro atoms. The van der Waals surface area contributed by atoms with E-state index in [0.717, 1.165) is 17.2 Å². The Balaban J connectivity index is 2.79. The van der Waals surface area contributed by atoms with Crippen LogP contribution in [0.3, 0.4) is 0 Å². The lowest BCUT2D eigenvalue weighted by molar-refractivity contribution is 0.404. The van der Waals surface area contributed by atoms with Gasteiger partial charge < -0.3 is 14.8 Å². The van der Waals surface area contributed by atoms with Gasteiger partial charge in [0.1, 0.15) is 11.5 Å². The first-order valence-electron chi connectivity index (χ1n) is 5.97. The summed E-state index contributed by atoms with van der Waals surface area (Å²) in [6, 6.07) is 7.86. The summed E-state index contributed by atoms with van der Waals surface area (Å²) in [5, 5.41) is 12.3. The number of hydrogen-bond acceptors (Lipinski definition) is 4. The largest absolute Gasteiger partial charge is 0.497 e. The molecule has 0 amide bonds. The number of benzene rings is 1. The maximum Gasteiger partial charge on any atom is 0.142 e. The number of anilines is 1. The highest BCUT2D eigenvalue weighted by atomic mass is 16.5. The lowest BCUT2D eigenvalue weighted by Crippen LogP contribution is -2.18. The number of hydrogen-bond donors (Lipinski definition) is 1. The minimum absolute atomic E-state index is 0.0269. The van der Waals surface area contributed by atoms with Crippen molar-refractivity contribution in [2.45, 2.75) is 13.8 Å². The van der Waals surface area contributed by atoms with Crippen molar-refractivity contribution in [3.8, 4) is 17.6 Å². The summed E-state index contributed by atoms with van der Waals surface area (Å²) in [7, 11) is 3.25. The summed E-state index contributed by atoms with van der Waals surface area (Å²) in [6.07, 6.45) is 0. The van der Waals surface area contributed by atoms with E-state index in [2.05, 4.69) is 11.4 Å². The van der Waals surface area contributed by atoms with Crippen LogP contribution in [0.15, 0.2) is 18.2 Å². The van der Waals surface area contributed by atoms with Crippen molar-refractivity contribution in [2.75, 3.05) is 26.1 Å². The summed E-state index contributed by atoms with van der Waals surface area (Å²) in [6.45, 7) is 4.68. The molecule has 18 heavy (non-hydrogen) atoms. The molecule has 1 aromatic rings. The summed E-state index contributed by atoms with van der Waals surface area (Å²) in [5.74, 6) is 1.80. The van der Waals surface area contributed by atoms with Gasteiger partial charge in [-0.1, -0.05) is 13.8 Å². The molecule has 0 aromatic heterocycles. The summed E-state index contributed by atoms with van der Waals surface area (Å²) in [4.78, 5) is 0. The highest BCUT2D eigenvalue weighted by Gasteiger charge is 2.13. The average molecular weight is 248 g/mol. The monoisotopic (exact) mass is 248 g/mol. The maximum absolute atomic E-state index is 9.06. The van der Waals surface area contributed by atoms with Crippen molar-refractivity contribution < 1.29 is 9.47 Å². The molecule has 1 atom stereocenters. The van der Waals surface area contributed by atoms with Crippen LogP contribution in [0.2, 0.25) is 0 Å². The van der Waals surface area contributed by atoms with Crippen molar-refractivity contribution in [1.29, 1.82) is 5.26 Å². The zero-order chi connectivity index (χ0) is 13.5. The molecule has 98 valence electrons. The zero-order valence-electron chi connectivity index (χ0n) is 11.4. The van der Waals surface area contributed by atoms with E-state index in [1.807, 2.05) is 32.0 Å². The highest BCUT2D eigenvalue weighted by molar-refractivity contribution is 5.59. The van der Waals surface area contributed by atoms with Crippen LogP contribution in [0.25, 0.3) is 0 Å². The molecule has 0 radical (unpaired) electrons. The van der Waals surface area contributed by atoms with Crippen LogP contribution in [0, 0.1) is 23.2 Å². The van der Waals surface area contributed by atoms with Crippen molar-refractivity contribution in [3.05, 3.63) is 18.2 Å². The molecule has 0 saturated heterocycles. The van der Waals surface area contributed by atoms with Gasteiger partial charge in [-0.05, 0) is 18.1 Å². The van der Waals surface area contributed by atoms with E-state index in [9.17, 15) is 0 Å². The molecule has 1 aromatic carbocycles. The summed E-state index contributed by atoms with van der Waals surface area (Å²) >= 11 is 0.